The quantitative estimate of drug-likeness (QED) is 0.459. The van der Waals surface area contributed by atoms with Crippen molar-refractivity contribution in [3.8, 4) is 0 Å². The molecule has 0 aromatic heterocycles. The number of rotatable bonds is 1. The van der Waals surface area contributed by atoms with Crippen LogP contribution >= 0.6 is 8.20 Å². The molecule has 0 N–H and O–H groups in total. The van der Waals surface area contributed by atoms with Gasteiger partial charge in [-0.25, -0.2) is 0 Å². The van der Waals surface area contributed by atoms with Crippen LogP contribution in [0.4, 0.5) is 0 Å². The predicted molar refractivity (Wildman–Crippen MR) is 36.3 cm³/mol. The van der Waals surface area contributed by atoms with Crippen molar-refractivity contribution in [1.82, 2.24) is 0 Å². The van der Waals surface area contributed by atoms with E-state index < -0.39 is 0 Å². The maximum absolute atomic E-state index is 2.26. The third-order valence-corrected chi connectivity index (χ3v) is 2.89. The monoisotopic (exact) mass is 114 g/mol. The second-order valence-corrected chi connectivity index (χ2v) is 3.30. The van der Waals surface area contributed by atoms with Crippen LogP contribution in [0.25, 0.3) is 0 Å². The first-order valence-corrected chi connectivity index (χ1v) is 4.03. The minimum absolute atomic E-state index is 1.32. The summed E-state index contributed by atoms with van der Waals surface area (Å²) in [6.07, 6.45) is 5.62. The van der Waals surface area contributed by atoms with Crippen LogP contribution in [-0.2, 0) is 0 Å². The lowest BCUT2D eigenvalue weighted by Gasteiger charge is -1.87. The van der Waals surface area contributed by atoms with E-state index >= 15 is 0 Å². The summed E-state index contributed by atoms with van der Waals surface area (Å²) in [7, 11) is 1.64. The highest BCUT2D eigenvalue weighted by molar-refractivity contribution is 7.41. The Morgan fingerprint density at radius 1 is 1.71 bits per heavy atom. The van der Waals surface area contributed by atoms with Crippen LogP contribution < -0.4 is 0 Å². The first kappa shape index (κ1) is 5.31. The van der Waals surface area contributed by atoms with Gasteiger partial charge < -0.3 is 0 Å². The van der Waals surface area contributed by atoms with Gasteiger partial charge >= 0.3 is 0 Å². The maximum Gasteiger partial charge on any atom is -0.0104 e. The average Bonchev–Trinajstić information content (AvgIpc) is 2.14. The molecule has 0 saturated carbocycles. The highest BCUT2D eigenvalue weighted by Gasteiger charge is 2.00. The fourth-order valence-electron chi connectivity index (χ4n) is 0.888. The SMILES string of the molecule is CCC1=PCCC1. The zero-order chi connectivity index (χ0) is 5.11. The Hall–Kier alpha value is 0.170. The maximum atomic E-state index is 2.26. The second-order valence-electron chi connectivity index (χ2n) is 1.91. The van der Waals surface area contributed by atoms with Crippen molar-refractivity contribution < 1.29 is 0 Å². The van der Waals surface area contributed by atoms with Crippen LogP contribution in [0, 0.1) is 0 Å². The summed E-state index contributed by atoms with van der Waals surface area (Å²) >= 11 is 0. The summed E-state index contributed by atoms with van der Waals surface area (Å²) in [4.78, 5) is 0. The van der Waals surface area contributed by atoms with E-state index in [1.54, 1.807) is 13.5 Å². The van der Waals surface area contributed by atoms with E-state index in [0.29, 0.717) is 0 Å². The summed E-state index contributed by atoms with van der Waals surface area (Å²) in [6, 6.07) is 0. The summed E-state index contributed by atoms with van der Waals surface area (Å²) in [5.74, 6) is 0. The van der Waals surface area contributed by atoms with E-state index in [1.165, 1.54) is 25.4 Å². The average molecular weight is 114 g/mol. The summed E-state index contributed by atoms with van der Waals surface area (Å²) < 4.78 is 0. The molecule has 0 spiro atoms. The fraction of sp³-hybridized carbons (Fsp3) is 0.833. The normalized spacial score (nSPS) is 22.1. The van der Waals surface area contributed by atoms with Gasteiger partial charge in [0, 0.05) is 0 Å². The van der Waals surface area contributed by atoms with Gasteiger partial charge in [-0.05, 0) is 30.7 Å². The number of hydrogen-bond donors (Lipinski definition) is 0. The molecule has 0 aromatic rings. The topological polar surface area (TPSA) is 0 Å². The molecule has 0 fully saturated rings. The molecule has 1 aliphatic rings. The zero-order valence-electron chi connectivity index (χ0n) is 4.78. The molecule has 1 aliphatic heterocycles. The van der Waals surface area contributed by atoms with Crippen LogP contribution in [0.2, 0.25) is 0 Å². The van der Waals surface area contributed by atoms with Gasteiger partial charge in [-0.1, -0.05) is 6.92 Å². The minimum Gasteiger partial charge on any atom is -0.105 e. The van der Waals surface area contributed by atoms with Crippen LogP contribution in [0.15, 0.2) is 0 Å². The molecule has 0 atom stereocenters. The lowest BCUT2D eigenvalue weighted by atomic mass is 10.2. The van der Waals surface area contributed by atoms with Gasteiger partial charge in [-0.2, -0.15) is 0 Å². The molecule has 0 bridgehead atoms. The Balaban J connectivity index is 2.36. The molecule has 1 heterocycles. The molecule has 0 radical (unpaired) electrons. The van der Waals surface area contributed by atoms with Gasteiger partial charge in [-0.15, -0.1) is 8.20 Å². The Labute approximate surface area is 46.7 Å². The minimum atomic E-state index is 1.32. The van der Waals surface area contributed by atoms with Gasteiger partial charge in [0.2, 0.25) is 0 Å². The van der Waals surface area contributed by atoms with E-state index in [4.69, 9.17) is 0 Å². The molecule has 0 aliphatic carbocycles. The highest BCUT2D eigenvalue weighted by atomic mass is 31.1. The zero-order valence-corrected chi connectivity index (χ0v) is 5.67. The predicted octanol–water partition coefficient (Wildman–Crippen LogP) is 2.31. The van der Waals surface area contributed by atoms with Gasteiger partial charge in [0.1, 0.15) is 0 Å². The molecule has 40 valence electrons. The standard InChI is InChI=1S/C6H11P/c1-2-6-4-3-5-7-6/h2-5H2,1H3. The van der Waals surface area contributed by atoms with E-state index in [2.05, 4.69) is 6.92 Å². The summed E-state index contributed by atoms with van der Waals surface area (Å²) in [5, 5.41) is 1.76. The van der Waals surface area contributed by atoms with Crippen molar-refractivity contribution in [2.75, 3.05) is 6.16 Å². The summed E-state index contributed by atoms with van der Waals surface area (Å²) in [6.45, 7) is 2.26. The molecule has 1 heteroatoms. The van der Waals surface area contributed by atoms with Crippen molar-refractivity contribution in [2.24, 2.45) is 0 Å². The van der Waals surface area contributed by atoms with E-state index in [0.717, 1.165) is 0 Å². The van der Waals surface area contributed by atoms with E-state index in [1.807, 2.05) is 0 Å². The lowest BCUT2D eigenvalue weighted by molar-refractivity contribution is 1.02. The fourth-order valence-corrected chi connectivity index (χ4v) is 2.06. The summed E-state index contributed by atoms with van der Waals surface area (Å²) in [5.41, 5.74) is 0. The third-order valence-electron chi connectivity index (χ3n) is 1.37. The molecule has 0 aromatic carbocycles. The van der Waals surface area contributed by atoms with Crippen molar-refractivity contribution in [3.63, 3.8) is 0 Å². The van der Waals surface area contributed by atoms with Crippen LogP contribution in [0.5, 0.6) is 0 Å². The molecule has 0 amide bonds. The van der Waals surface area contributed by atoms with E-state index in [-0.39, 0.29) is 0 Å². The molecular weight excluding hydrogens is 103 g/mol. The highest BCUT2D eigenvalue weighted by Crippen LogP contribution is 2.18. The van der Waals surface area contributed by atoms with Gasteiger partial charge in [0.25, 0.3) is 0 Å². The van der Waals surface area contributed by atoms with Gasteiger partial charge in [-0.3, -0.25) is 0 Å². The van der Waals surface area contributed by atoms with Gasteiger partial charge in [0.15, 0.2) is 0 Å². The molecule has 0 nitrogen and oxygen atoms in total. The smallest absolute Gasteiger partial charge is 0.0104 e. The number of hydrogen-bond acceptors (Lipinski definition) is 0. The van der Waals surface area contributed by atoms with Crippen LogP contribution in [0.1, 0.15) is 26.2 Å². The molecule has 1 rings (SSSR count). The molecule has 0 saturated heterocycles. The largest absolute Gasteiger partial charge is 0.105 e. The third kappa shape index (κ3) is 1.28. The van der Waals surface area contributed by atoms with Gasteiger partial charge in [0.05, 0.1) is 0 Å². The Bertz CT molecular complexity index is 84.2. The van der Waals surface area contributed by atoms with Crippen molar-refractivity contribution in [2.45, 2.75) is 26.2 Å². The second kappa shape index (κ2) is 2.47. The Kier molecular flexibility index (Phi) is 1.87. The molecule has 0 unspecified atom stereocenters. The lowest BCUT2D eigenvalue weighted by Crippen LogP contribution is -1.83. The van der Waals surface area contributed by atoms with E-state index in [9.17, 15) is 0 Å². The van der Waals surface area contributed by atoms with Crippen molar-refractivity contribution in [3.05, 3.63) is 0 Å². The molecular formula is C6H11P. The Morgan fingerprint density at radius 2 is 2.57 bits per heavy atom. The first-order valence-electron chi connectivity index (χ1n) is 2.95. The van der Waals surface area contributed by atoms with Crippen LogP contribution in [0.3, 0.4) is 0 Å². The first-order chi connectivity index (χ1) is 3.43. The van der Waals surface area contributed by atoms with Crippen molar-refractivity contribution in [1.29, 1.82) is 0 Å². The van der Waals surface area contributed by atoms with Crippen molar-refractivity contribution >= 4 is 13.5 Å². The Morgan fingerprint density at radius 3 is 2.86 bits per heavy atom. The van der Waals surface area contributed by atoms with Crippen LogP contribution in [-0.4, -0.2) is 11.5 Å². The molecule has 7 heavy (non-hydrogen) atoms.